The van der Waals surface area contributed by atoms with E-state index in [0.717, 1.165) is 39.6 Å². The fourth-order valence-electron chi connectivity index (χ4n) is 3.80. The molecule has 8 heteroatoms. The standard InChI is InChI=1S/C23H25N5O2S/c1-13-14(2)31-23-20(13)21(17-9-7-16(8-10-17)6-4-5-11-24)25-18(12-19(29)30)22-27-26-15(3)28(22)23/h4-5,7-10,18H,6,11-12,24H2,1-3H3,(H,29,30). The van der Waals surface area contributed by atoms with Crippen molar-refractivity contribution < 1.29 is 9.90 Å². The number of fused-ring (bicyclic) bond motifs is 3. The molecule has 1 atom stereocenters. The monoisotopic (exact) mass is 435 g/mol. The number of carboxylic acids is 1. The summed E-state index contributed by atoms with van der Waals surface area (Å²) in [5.74, 6) is 0.382. The topological polar surface area (TPSA) is 106 Å². The number of allylic oxidation sites excluding steroid dienone is 1. The first-order chi connectivity index (χ1) is 14.9. The van der Waals surface area contributed by atoms with Gasteiger partial charge in [0.05, 0.1) is 12.1 Å². The van der Waals surface area contributed by atoms with Gasteiger partial charge in [0, 0.05) is 22.5 Å². The second-order valence-electron chi connectivity index (χ2n) is 7.60. The Morgan fingerprint density at radius 3 is 2.61 bits per heavy atom. The number of aryl methyl sites for hydroxylation is 2. The van der Waals surface area contributed by atoms with Crippen LogP contribution in [0.25, 0.3) is 5.00 Å². The van der Waals surface area contributed by atoms with Gasteiger partial charge in [-0.05, 0) is 38.3 Å². The molecule has 3 N–H and O–H groups in total. The smallest absolute Gasteiger partial charge is 0.306 e. The first-order valence-corrected chi connectivity index (χ1v) is 11.0. The molecule has 7 nitrogen and oxygen atoms in total. The average molecular weight is 436 g/mol. The zero-order chi connectivity index (χ0) is 22.1. The molecular formula is C23H25N5O2S. The van der Waals surface area contributed by atoms with Crippen LogP contribution in [0, 0.1) is 20.8 Å². The summed E-state index contributed by atoms with van der Waals surface area (Å²) >= 11 is 1.66. The third-order valence-corrected chi connectivity index (χ3v) is 6.68. The van der Waals surface area contributed by atoms with E-state index in [2.05, 4.69) is 54.4 Å². The van der Waals surface area contributed by atoms with Gasteiger partial charge >= 0.3 is 5.97 Å². The maximum atomic E-state index is 11.6. The van der Waals surface area contributed by atoms with E-state index in [-0.39, 0.29) is 6.42 Å². The zero-order valence-electron chi connectivity index (χ0n) is 17.8. The molecule has 160 valence electrons. The highest BCUT2D eigenvalue weighted by Gasteiger charge is 2.32. The van der Waals surface area contributed by atoms with E-state index in [0.29, 0.717) is 12.4 Å². The lowest BCUT2D eigenvalue weighted by atomic mass is 9.98. The highest BCUT2D eigenvalue weighted by Crippen LogP contribution is 2.39. The lowest BCUT2D eigenvalue weighted by molar-refractivity contribution is -0.137. The van der Waals surface area contributed by atoms with Gasteiger partial charge in [-0.3, -0.25) is 14.4 Å². The van der Waals surface area contributed by atoms with Crippen molar-refractivity contribution in [1.29, 1.82) is 0 Å². The van der Waals surface area contributed by atoms with Crippen molar-refractivity contribution in [2.45, 2.75) is 39.7 Å². The Morgan fingerprint density at radius 2 is 1.94 bits per heavy atom. The Kier molecular flexibility index (Phi) is 5.84. The third kappa shape index (κ3) is 3.96. The van der Waals surface area contributed by atoms with Crippen LogP contribution in [-0.2, 0) is 11.2 Å². The number of benzene rings is 1. The van der Waals surface area contributed by atoms with Crippen LogP contribution in [0.15, 0.2) is 41.4 Å². The summed E-state index contributed by atoms with van der Waals surface area (Å²) in [6.45, 7) is 6.59. The number of rotatable bonds is 6. The van der Waals surface area contributed by atoms with Crippen molar-refractivity contribution in [3.63, 3.8) is 0 Å². The fraction of sp³-hybridized carbons (Fsp3) is 0.304. The minimum Gasteiger partial charge on any atom is -0.481 e. The number of nitrogens with zero attached hydrogens (tertiary/aromatic N) is 4. The lowest BCUT2D eigenvalue weighted by Crippen LogP contribution is -2.10. The predicted molar refractivity (Wildman–Crippen MR) is 122 cm³/mol. The van der Waals surface area contributed by atoms with Gasteiger partial charge in [0.1, 0.15) is 16.9 Å². The Bertz CT molecular complexity index is 1190. The molecule has 3 aromatic rings. The Hall–Kier alpha value is -3.10. The second kappa shape index (κ2) is 8.56. The maximum Gasteiger partial charge on any atom is 0.306 e. The number of hydrogen-bond acceptors (Lipinski definition) is 6. The average Bonchev–Trinajstić information content (AvgIpc) is 3.21. The molecule has 4 rings (SSSR count). The normalized spacial score (nSPS) is 15.5. The summed E-state index contributed by atoms with van der Waals surface area (Å²) in [6.07, 6.45) is 4.67. The van der Waals surface area contributed by atoms with Crippen molar-refractivity contribution in [1.82, 2.24) is 14.8 Å². The minimum atomic E-state index is -0.916. The van der Waals surface area contributed by atoms with Crippen molar-refractivity contribution >= 4 is 23.0 Å². The summed E-state index contributed by atoms with van der Waals surface area (Å²) in [6, 6.07) is 7.65. The van der Waals surface area contributed by atoms with Crippen molar-refractivity contribution in [3.8, 4) is 5.00 Å². The van der Waals surface area contributed by atoms with Gasteiger partial charge in [-0.25, -0.2) is 0 Å². The number of aliphatic carboxylic acids is 1. The van der Waals surface area contributed by atoms with Gasteiger partial charge < -0.3 is 10.8 Å². The number of hydrogen-bond donors (Lipinski definition) is 2. The van der Waals surface area contributed by atoms with Crippen LogP contribution in [-0.4, -0.2) is 38.1 Å². The molecule has 3 heterocycles. The quantitative estimate of drug-likeness (QED) is 0.575. The molecule has 1 aliphatic rings. The second-order valence-corrected chi connectivity index (χ2v) is 8.81. The maximum absolute atomic E-state index is 11.6. The van der Waals surface area contributed by atoms with Crippen LogP contribution in [0.2, 0.25) is 0 Å². The van der Waals surface area contributed by atoms with Gasteiger partial charge in [0.2, 0.25) is 0 Å². The molecule has 1 unspecified atom stereocenters. The summed E-state index contributed by atoms with van der Waals surface area (Å²) in [5.41, 5.74) is 10.6. The number of aliphatic imine (C=N–C) groups is 1. The fourth-order valence-corrected chi connectivity index (χ4v) is 5.02. The summed E-state index contributed by atoms with van der Waals surface area (Å²) in [4.78, 5) is 17.7. The summed E-state index contributed by atoms with van der Waals surface area (Å²) in [7, 11) is 0. The van der Waals surface area contributed by atoms with Gasteiger partial charge in [0.15, 0.2) is 5.82 Å². The number of carbonyl (C=O) groups is 1. The van der Waals surface area contributed by atoms with Crippen molar-refractivity contribution in [2.75, 3.05) is 6.54 Å². The highest BCUT2D eigenvalue weighted by molar-refractivity contribution is 7.15. The molecule has 1 aromatic carbocycles. The first-order valence-electron chi connectivity index (χ1n) is 10.2. The molecule has 0 fully saturated rings. The first kappa shape index (κ1) is 21.1. The Labute approximate surface area is 185 Å². The molecule has 0 radical (unpaired) electrons. The van der Waals surface area contributed by atoms with Gasteiger partial charge in [-0.15, -0.1) is 21.5 Å². The zero-order valence-corrected chi connectivity index (χ0v) is 18.6. The largest absolute Gasteiger partial charge is 0.481 e. The van der Waals surface area contributed by atoms with E-state index in [1.165, 1.54) is 10.4 Å². The van der Waals surface area contributed by atoms with Crippen LogP contribution < -0.4 is 5.73 Å². The number of carboxylic acid groups (broad SMARTS) is 1. The molecule has 0 bridgehead atoms. The van der Waals surface area contributed by atoms with Crippen molar-refractivity contribution in [3.05, 3.63) is 75.2 Å². The molecule has 0 aliphatic carbocycles. The van der Waals surface area contributed by atoms with E-state index in [9.17, 15) is 9.90 Å². The molecular weight excluding hydrogens is 410 g/mol. The Morgan fingerprint density at radius 1 is 1.19 bits per heavy atom. The van der Waals surface area contributed by atoms with E-state index in [1.54, 1.807) is 11.3 Å². The number of aromatic nitrogens is 3. The summed E-state index contributed by atoms with van der Waals surface area (Å²) < 4.78 is 1.97. The molecule has 0 saturated carbocycles. The van der Waals surface area contributed by atoms with E-state index in [4.69, 9.17) is 10.7 Å². The molecule has 0 saturated heterocycles. The molecule has 0 spiro atoms. The number of nitrogens with two attached hydrogens (primary N) is 1. The van der Waals surface area contributed by atoms with Gasteiger partial charge in [-0.2, -0.15) is 0 Å². The predicted octanol–water partition coefficient (Wildman–Crippen LogP) is 3.68. The molecule has 31 heavy (non-hydrogen) atoms. The number of thiophene rings is 1. The van der Waals surface area contributed by atoms with Crippen LogP contribution in [0.5, 0.6) is 0 Å². The van der Waals surface area contributed by atoms with E-state index >= 15 is 0 Å². The molecule has 0 amide bonds. The summed E-state index contributed by atoms with van der Waals surface area (Å²) in [5, 5.41) is 19.0. The minimum absolute atomic E-state index is 0.142. The van der Waals surface area contributed by atoms with Crippen LogP contribution in [0.1, 0.15) is 51.2 Å². The SMILES string of the molecule is Cc1sc2c(c1C)C(c1ccc(CC=CCN)cc1)=NC(CC(=O)O)c1nnc(C)n1-2. The molecule has 1 aliphatic heterocycles. The lowest BCUT2D eigenvalue weighted by Gasteiger charge is -2.11. The highest BCUT2D eigenvalue weighted by atomic mass is 32.1. The Balaban J connectivity index is 1.87. The third-order valence-electron chi connectivity index (χ3n) is 5.49. The van der Waals surface area contributed by atoms with Crippen LogP contribution in [0.4, 0.5) is 0 Å². The van der Waals surface area contributed by atoms with Gasteiger partial charge in [-0.1, -0.05) is 36.4 Å². The van der Waals surface area contributed by atoms with Gasteiger partial charge in [0.25, 0.3) is 0 Å². The van der Waals surface area contributed by atoms with Crippen molar-refractivity contribution in [2.24, 2.45) is 10.7 Å². The van der Waals surface area contributed by atoms with E-state index < -0.39 is 12.0 Å². The van der Waals surface area contributed by atoms with Crippen LogP contribution >= 0.6 is 11.3 Å². The molecule has 2 aromatic heterocycles. The van der Waals surface area contributed by atoms with E-state index in [1.807, 2.05) is 17.6 Å². The van der Waals surface area contributed by atoms with Crippen LogP contribution in [0.3, 0.4) is 0 Å².